The Labute approximate surface area is 346 Å². The number of fused-ring (bicyclic) bond motifs is 5. The van der Waals surface area contributed by atoms with E-state index in [-0.39, 0.29) is 11.3 Å². The van der Waals surface area contributed by atoms with E-state index in [1.54, 1.807) is 0 Å². The Kier molecular flexibility index (Phi) is 9.03. The van der Waals surface area contributed by atoms with Crippen molar-refractivity contribution in [1.82, 2.24) is 0 Å². The second kappa shape index (κ2) is 14.8. The average Bonchev–Trinajstić information content (AvgIpc) is 3.53. The summed E-state index contributed by atoms with van der Waals surface area (Å²) in [6.45, 7) is 4.70. The first-order valence-electron chi connectivity index (χ1n) is 20.3. The number of allylic oxidation sites excluding steroid dienone is 1. The second-order valence-corrected chi connectivity index (χ2v) is 15.9. The van der Waals surface area contributed by atoms with Gasteiger partial charge in [-0.05, 0) is 94.9 Å². The number of rotatable bonds is 7. The van der Waals surface area contributed by atoms with E-state index in [2.05, 4.69) is 196 Å². The number of nitrogens with zero attached hydrogens (tertiary/aromatic N) is 1. The van der Waals surface area contributed by atoms with Crippen molar-refractivity contribution in [1.29, 1.82) is 5.41 Å². The highest BCUT2D eigenvalue weighted by Crippen LogP contribution is 2.52. The number of amidine groups is 1. The van der Waals surface area contributed by atoms with Gasteiger partial charge in [-0.1, -0.05) is 214 Å². The number of hydrogen-bond donors (Lipinski definition) is 1. The molecule has 280 valence electrons. The highest BCUT2D eigenvalue weighted by Gasteiger charge is 2.37. The van der Waals surface area contributed by atoms with Crippen molar-refractivity contribution in [2.45, 2.75) is 19.3 Å². The Balaban J connectivity index is 0.983. The summed E-state index contributed by atoms with van der Waals surface area (Å²) in [4.78, 5) is 4.91. The van der Waals surface area contributed by atoms with Crippen LogP contribution in [0.1, 0.15) is 41.7 Å². The summed E-state index contributed by atoms with van der Waals surface area (Å²) in [7, 11) is 0. The molecule has 59 heavy (non-hydrogen) atoms. The van der Waals surface area contributed by atoms with E-state index in [1.807, 2.05) is 30.3 Å². The lowest BCUT2D eigenvalue weighted by Crippen LogP contribution is -2.16. The number of hydrogen-bond acceptors (Lipinski definition) is 1. The maximum absolute atomic E-state index is 8.94. The third-order valence-electron chi connectivity index (χ3n) is 12.0. The van der Waals surface area contributed by atoms with Crippen LogP contribution in [0.15, 0.2) is 211 Å². The molecule has 0 bridgehead atoms. The van der Waals surface area contributed by atoms with Gasteiger partial charge in [-0.15, -0.1) is 0 Å². The maximum Gasteiger partial charge on any atom is 0.152 e. The van der Waals surface area contributed by atoms with E-state index >= 15 is 0 Å². The van der Waals surface area contributed by atoms with Gasteiger partial charge < -0.3 is 0 Å². The molecule has 0 amide bonds. The second-order valence-electron chi connectivity index (χ2n) is 15.9. The molecule has 0 radical (unpaired) electrons. The minimum Gasteiger partial charge on any atom is -0.282 e. The lowest BCUT2D eigenvalue weighted by molar-refractivity contribution is 0.662. The summed E-state index contributed by atoms with van der Waals surface area (Å²) in [5.41, 5.74) is 16.1. The molecular formula is C57H42N2. The molecule has 0 unspecified atom stereocenters. The molecular weight excluding hydrogens is 713 g/mol. The van der Waals surface area contributed by atoms with Crippen molar-refractivity contribution >= 4 is 39.2 Å². The summed E-state index contributed by atoms with van der Waals surface area (Å²) in [5, 5.41) is 13.7. The topological polar surface area (TPSA) is 36.2 Å². The van der Waals surface area contributed by atoms with E-state index in [0.717, 1.165) is 33.4 Å². The van der Waals surface area contributed by atoms with E-state index in [9.17, 15) is 0 Å². The normalized spacial score (nSPS) is 13.2. The maximum atomic E-state index is 8.94. The number of aliphatic imine (C=N–C) groups is 1. The van der Waals surface area contributed by atoms with E-state index < -0.39 is 0 Å². The molecule has 0 saturated heterocycles. The van der Waals surface area contributed by atoms with Gasteiger partial charge in [0, 0.05) is 16.5 Å². The Morgan fingerprint density at radius 1 is 0.458 bits per heavy atom. The lowest BCUT2D eigenvalue weighted by atomic mass is 9.79. The summed E-state index contributed by atoms with van der Waals surface area (Å²) in [6, 6.07) is 71.0. The SMILES string of the molecule is CC1(C)c2ccccc2-c2cccc(-c3ccc(-c4ccc(/C=C/C(=NC(=N)c5ccccc5)c5ccc(-c6ccc7ccccc7c6)cc5)c5ccccc45)cc3)c21. The first-order valence-corrected chi connectivity index (χ1v) is 20.3. The van der Waals surface area contributed by atoms with Crippen LogP contribution in [0.5, 0.6) is 0 Å². The van der Waals surface area contributed by atoms with Crippen LogP contribution in [0.2, 0.25) is 0 Å². The van der Waals surface area contributed by atoms with Crippen molar-refractivity contribution in [3.05, 3.63) is 234 Å². The molecule has 0 fully saturated rings. The van der Waals surface area contributed by atoms with Gasteiger partial charge in [-0.2, -0.15) is 0 Å². The molecule has 1 N–H and O–H groups in total. The quantitative estimate of drug-likeness (QED) is 0.124. The van der Waals surface area contributed by atoms with Crippen LogP contribution in [0.4, 0.5) is 0 Å². The van der Waals surface area contributed by atoms with Crippen LogP contribution in [0.3, 0.4) is 0 Å². The molecule has 0 atom stereocenters. The summed E-state index contributed by atoms with van der Waals surface area (Å²) in [6.07, 6.45) is 4.19. The van der Waals surface area contributed by atoms with Gasteiger partial charge in [0.1, 0.15) is 0 Å². The molecule has 1 aliphatic carbocycles. The Morgan fingerprint density at radius 2 is 1.07 bits per heavy atom. The van der Waals surface area contributed by atoms with Gasteiger partial charge in [-0.25, -0.2) is 4.99 Å². The van der Waals surface area contributed by atoms with Gasteiger partial charge in [-0.3, -0.25) is 5.41 Å². The molecule has 0 saturated carbocycles. The number of nitrogens with one attached hydrogen (secondary N) is 1. The predicted molar refractivity (Wildman–Crippen MR) is 251 cm³/mol. The molecule has 10 rings (SSSR count). The first-order chi connectivity index (χ1) is 28.9. The largest absolute Gasteiger partial charge is 0.282 e. The molecule has 0 aromatic heterocycles. The molecule has 2 heteroatoms. The Bertz CT molecular complexity index is 3110. The van der Waals surface area contributed by atoms with Crippen molar-refractivity contribution in [2.75, 3.05) is 0 Å². The third kappa shape index (κ3) is 6.59. The summed E-state index contributed by atoms with van der Waals surface area (Å²) in [5.74, 6) is 0.223. The minimum atomic E-state index is -0.0749. The zero-order chi connectivity index (χ0) is 39.9. The molecule has 0 aliphatic heterocycles. The molecule has 0 spiro atoms. The smallest absolute Gasteiger partial charge is 0.152 e. The van der Waals surface area contributed by atoms with Gasteiger partial charge in [0.25, 0.3) is 0 Å². The highest BCUT2D eigenvalue weighted by molar-refractivity contribution is 6.18. The van der Waals surface area contributed by atoms with E-state index in [0.29, 0.717) is 0 Å². The van der Waals surface area contributed by atoms with Crippen LogP contribution in [-0.2, 0) is 5.41 Å². The third-order valence-corrected chi connectivity index (χ3v) is 12.0. The van der Waals surface area contributed by atoms with E-state index in [1.165, 1.54) is 66.2 Å². The predicted octanol–water partition coefficient (Wildman–Crippen LogP) is 14.8. The van der Waals surface area contributed by atoms with E-state index in [4.69, 9.17) is 10.4 Å². The molecule has 9 aromatic rings. The minimum absolute atomic E-state index is 0.0749. The zero-order valence-corrected chi connectivity index (χ0v) is 33.2. The fraction of sp³-hybridized carbons (Fsp3) is 0.0526. The average molecular weight is 755 g/mol. The van der Waals surface area contributed by atoms with Crippen molar-refractivity contribution in [2.24, 2.45) is 4.99 Å². The fourth-order valence-electron chi connectivity index (χ4n) is 8.99. The van der Waals surface area contributed by atoms with Gasteiger partial charge in [0.2, 0.25) is 0 Å². The summed E-state index contributed by atoms with van der Waals surface area (Å²) < 4.78 is 0. The molecule has 1 aliphatic rings. The number of benzene rings is 9. The van der Waals surface area contributed by atoms with Gasteiger partial charge in [0.05, 0.1) is 5.71 Å². The fourth-order valence-corrected chi connectivity index (χ4v) is 8.99. The molecule has 9 aromatic carbocycles. The highest BCUT2D eigenvalue weighted by atomic mass is 14.8. The summed E-state index contributed by atoms with van der Waals surface area (Å²) >= 11 is 0. The van der Waals surface area contributed by atoms with Crippen LogP contribution < -0.4 is 0 Å². The van der Waals surface area contributed by atoms with Gasteiger partial charge in [0.15, 0.2) is 5.84 Å². The Hall–Kier alpha value is -7.42. The van der Waals surface area contributed by atoms with Crippen LogP contribution >= 0.6 is 0 Å². The van der Waals surface area contributed by atoms with Crippen LogP contribution in [0.25, 0.3) is 72.1 Å². The van der Waals surface area contributed by atoms with Crippen LogP contribution in [-0.4, -0.2) is 11.5 Å². The monoisotopic (exact) mass is 754 g/mol. The Morgan fingerprint density at radius 3 is 1.86 bits per heavy atom. The van der Waals surface area contributed by atoms with Crippen molar-refractivity contribution in [3.63, 3.8) is 0 Å². The van der Waals surface area contributed by atoms with Crippen molar-refractivity contribution < 1.29 is 0 Å². The van der Waals surface area contributed by atoms with Crippen molar-refractivity contribution in [3.8, 4) is 44.5 Å². The molecule has 0 heterocycles. The zero-order valence-electron chi connectivity index (χ0n) is 33.2. The van der Waals surface area contributed by atoms with Crippen LogP contribution in [0, 0.1) is 5.41 Å². The standard InChI is InChI=1S/C57H42N2/c1-57(2)53-22-11-10-19-51(53)52-21-12-20-49(55(52)57)42-28-26-40(27-29-42)48-35-33-41(47-17-8-9-18-50(47)48)34-36-54(59-56(58)44-14-4-3-5-15-44)43-30-23-39(24-31-43)46-32-25-38-13-6-7-16-45(38)37-46/h3-37,58H,1-2H3/b36-34+,58-56?,59-54?. The lowest BCUT2D eigenvalue weighted by Gasteiger charge is -2.24. The molecule has 2 nitrogen and oxygen atoms in total. The van der Waals surface area contributed by atoms with Gasteiger partial charge >= 0.3 is 0 Å². The first kappa shape index (κ1) is 36.0.